The van der Waals surface area contributed by atoms with Gasteiger partial charge in [0.25, 0.3) is 0 Å². The van der Waals surface area contributed by atoms with E-state index in [0.29, 0.717) is 12.5 Å². The monoisotopic (exact) mass is 401 g/mol. The van der Waals surface area contributed by atoms with Crippen LogP contribution in [0.2, 0.25) is 0 Å². The zero-order chi connectivity index (χ0) is 21.0. The van der Waals surface area contributed by atoms with Crippen LogP contribution in [0.15, 0.2) is 60.8 Å². The number of nitrogens with zero attached hydrogens (tertiary/aromatic N) is 3. The average molecular weight is 401 g/mol. The molecule has 4 nitrogen and oxygen atoms in total. The summed E-state index contributed by atoms with van der Waals surface area (Å²) in [5, 5.41) is 0. The average Bonchev–Trinajstić information content (AvgIpc) is 2.69. The predicted molar refractivity (Wildman–Crippen MR) is 107 cm³/mol. The molecule has 0 N–H and O–H groups in total. The first kappa shape index (κ1) is 20.6. The normalized spacial score (nSPS) is 11.6. The van der Waals surface area contributed by atoms with E-state index in [-0.39, 0.29) is 11.7 Å². The Morgan fingerprint density at radius 2 is 1.66 bits per heavy atom. The molecule has 0 fully saturated rings. The number of halogens is 3. The van der Waals surface area contributed by atoms with Crippen molar-refractivity contribution in [2.75, 3.05) is 11.4 Å². The van der Waals surface area contributed by atoms with Gasteiger partial charge in [-0.05, 0) is 42.7 Å². The van der Waals surface area contributed by atoms with Gasteiger partial charge in [0.2, 0.25) is 11.8 Å². The van der Waals surface area contributed by atoms with Gasteiger partial charge in [0.15, 0.2) is 0 Å². The SMILES string of the molecule is CCN(c1ccc(C(C)C)cc1)c1ncc(C(F)(F)F)c(Oc2ccccc2)n1. The van der Waals surface area contributed by atoms with Crippen molar-refractivity contribution in [2.45, 2.75) is 32.9 Å². The van der Waals surface area contributed by atoms with Gasteiger partial charge in [-0.3, -0.25) is 0 Å². The number of para-hydroxylation sites is 1. The van der Waals surface area contributed by atoms with E-state index in [4.69, 9.17) is 4.74 Å². The third-order valence-electron chi connectivity index (χ3n) is 4.43. The molecule has 0 amide bonds. The van der Waals surface area contributed by atoms with Crippen molar-refractivity contribution in [3.63, 3.8) is 0 Å². The van der Waals surface area contributed by atoms with Gasteiger partial charge in [0.05, 0.1) is 0 Å². The van der Waals surface area contributed by atoms with Crippen LogP contribution in [-0.2, 0) is 6.18 Å². The van der Waals surface area contributed by atoms with E-state index in [9.17, 15) is 13.2 Å². The van der Waals surface area contributed by atoms with Crippen molar-refractivity contribution in [3.05, 3.63) is 71.9 Å². The maximum Gasteiger partial charge on any atom is 0.423 e. The fourth-order valence-corrected chi connectivity index (χ4v) is 2.84. The summed E-state index contributed by atoms with van der Waals surface area (Å²) in [5.74, 6) is 0.272. The van der Waals surface area contributed by atoms with Gasteiger partial charge in [-0.25, -0.2) is 4.98 Å². The number of anilines is 2. The van der Waals surface area contributed by atoms with Crippen LogP contribution in [0.3, 0.4) is 0 Å². The Morgan fingerprint density at radius 3 is 2.21 bits per heavy atom. The van der Waals surface area contributed by atoms with Crippen LogP contribution >= 0.6 is 0 Å². The Balaban J connectivity index is 2.00. The molecule has 0 spiro atoms. The van der Waals surface area contributed by atoms with E-state index in [2.05, 4.69) is 23.8 Å². The Bertz CT molecular complexity index is 942. The summed E-state index contributed by atoms with van der Waals surface area (Å²) in [7, 11) is 0. The molecule has 3 rings (SSSR count). The zero-order valence-corrected chi connectivity index (χ0v) is 16.4. The van der Waals surface area contributed by atoms with Crippen LogP contribution in [0.1, 0.15) is 37.8 Å². The van der Waals surface area contributed by atoms with Gasteiger partial charge < -0.3 is 9.64 Å². The lowest BCUT2D eigenvalue weighted by atomic mass is 10.0. The van der Waals surface area contributed by atoms with Crippen LogP contribution in [-0.4, -0.2) is 16.5 Å². The van der Waals surface area contributed by atoms with Crippen LogP contribution < -0.4 is 9.64 Å². The summed E-state index contributed by atoms with van der Waals surface area (Å²) in [6, 6.07) is 16.1. The lowest BCUT2D eigenvalue weighted by Gasteiger charge is -2.23. The maximum absolute atomic E-state index is 13.4. The van der Waals surface area contributed by atoms with E-state index >= 15 is 0 Å². The molecule has 0 aliphatic heterocycles. The lowest BCUT2D eigenvalue weighted by Crippen LogP contribution is -2.20. The van der Waals surface area contributed by atoms with Crippen LogP contribution in [0.5, 0.6) is 11.6 Å². The van der Waals surface area contributed by atoms with Gasteiger partial charge >= 0.3 is 6.18 Å². The van der Waals surface area contributed by atoms with Crippen LogP contribution in [0, 0.1) is 0 Å². The highest BCUT2D eigenvalue weighted by Crippen LogP contribution is 2.38. The molecule has 0 saturated heterocycles. The topological polar surface area (TPSA) is 38.2 Å². The fraction of sp³-hybridized carbons (Fsp3) is 0.273. The number of ether oxygens (including phenoxy) is 1. The van der Waals surface area contributed by atoms with Crippen molar-refractivity contribution in [1.82, 2.24) is 9.97 Å². The standard InChI is InChI=1S/C22H22F3N3O/c1-4-28(17-12-10-16(11-13-17)15(2)3)21-26-14-19(22(23,24)25)20(27-21)29-18-8-6-5-7-9-18/h5-15H,4H2,1-3H3. The molecule has 3 aromatic rings. The molecule has 0 aliphatic carbocycles. The minimum Gasteiger partial charge on any atom is -0.438 e. The molecule has 0 saturated carbocycles. The van der Waals surface area contributed by atoms with Crippen molar-refractivity contribution in [1.29, 1.82) is 0 Å². The molecule has 29 heavy (non-hydrogen) atoms. The molecule has 1 aromatic heterocycles. The summed E-state index contributed by atoms with van der Waals surface area (Å²) >= 11 is 0. The van der Waals surface area contributed by atoms with E-state index in [1.165, 1.54) is 5.56 Å². The number of alkyl halides is 3. The van der Waals surface area contributed by atoms with E-state index in [1.54, 1.807) is 35.2 Å². The second-order valence-corrected chi connectivity index (χ2v) is 6.79. The Kier molecular flexibility index (Phi) is 6.06. The van der Waals surface area contributed by atoms with Gasteiger partial charge in [-0.15, -0.1) is 0 Å². The molecular weight excluding hydrogens is 379 g/mol. The van der Waals surface area contributed by atoms with E-state index < -0.39 is 17.6 Å². The molecule has 7 heteroatoms. The number of benzene rings is 2. The zero-order valence-electron chi connectivity index (χ0n) is 16.4. The second-order valence-electron chi connectivity index (χ2n) is 6.79. The van der Waals surface area contributed by atoms with Gasteiger partial charge in [-0.1, -0.05) is 44.2 Å². The Hall–Kier alpha value is -3.09. The molecule has 2 aromatic carbocycles. The Morgan fingerprint density at radius 1 is 1.00 bits per heavy atom. The van der Waals surface area contributed by atoms with Gasteiger partial charge in [0.1, 0.15) is 11.3 Å². The molecule has 152 valence electrons. The predicted octanol–water partition coefficient (Wildman–Crippen LogP) is 6.57. The summed E-state index contributed by atoms with van der Waals surface area (Å²) in [6.07, 6.45) is -3.86. The highest BCUT2D eigenvalue weighted by Gasteiger charge is 2.37. The molecule has 1 heterocycles. The summed E-state index contributed by atoms with van der Waals surface area (Å²) in [4.78, 5) is 9.82. The smallest absolute Gasteiger partial charge is 0.423 e. The van der Waals surface area contributed by atoms with E-state index in [1.807, 2.05) is 31.2 Å². The molecule has 0 radical (unpaired) electrons. The van der Waals surface area contributed by atoms with Gasteiger partial charge in [0, 0.05) is 18.4 Å². The summed E-state index contributed by atoms with van der Waals surface area (Å²) in [6.45, 7) is 6.56. The largest absolute Gasteiger partial charge is 0.438 e. The second kappa shape index (κ2) is 8.51. The van der Waals surface area contributed by atoms with Crippen molar-refractivity contribution >= 4 is 11.6 Å². The Labute approximate surface area is 168 Å². The van der Waals surface area contributed by atoms with Crippen molar-refractivity contribution in [3.8, 4) is 11.6 Å². The molecular formula is C22H22F3N3O. The molecule has 0 bridgehead atoms. The van der Waals surface area contributed by atoms with Crippen molar-refractivity contribution < 1.29 is 17.9 Å². The minimum absolute atomic E-state index is 0.142. The number of rotatable bonds is 6. The molecule has 0 atom stereocenters. The van der Waals surface area contributed by atoms with Gasteiger partial charge in [-0.2, -0.15) is 18.2 Å². The third-order valence-corrected chi connectivity index (χ3v) is 4.43. The highest BCUT2D eigenvalue weighted by molar-refractivity contribution is 5.58. The molecule has 0 unspecified atom stereocenters. The van der Waals surface area contributed by atoms with Crippen LogP contribution in [0.25, 0.3) is 0 Å². The minimum atomic E-state index is -4.63. The quantitative estimate of drug-likeness (QED) is 0.468. The number of hydrogen-bond donors (Lipinski definition) is 0. The third kappa shape index (κ3) is 4.85. The first-order valence-corrected chi connectivity index (χ1v) is 9.34. The number of hydrogen-bond acceptors (Lipinski definition) is 4. The van der Waals surface area contributed by atoms with Crippen LogP contribution in [0.4, 0.5) is 24.8 Å². The van der Waals surface area contributed by atoms with E-state index in [0.717, 1.165) is 11.9 Å². The fourth-order valence-electron chi connectivity index (χ4n) is 2.84. The lowest BCUT2D eigenvalue weighted by molar-refractivity contribution is -0.139. The highest BCUT2D eigenvalue weighted by atomic mass is 19.4. The first-order chi connectivity index (χ1) is 13.8. The summed E-state index contributed by atoms with van der Waals surface area (Å²) in [5.41, 5.74) is 0.949. The molecule has 0 aliphatic rings. The first-order valence-electron chi connectivity index (χ1n) is 9.34. The maximum atomic E-state index is 13.4. The number of aromatic nitrogens is 2. The summed E-state index contributed by atoms with van der Waals surface area (Å²) < 4.78 is 45.8. The van der Waals surface area contributed by atoms with Crippen molar-refractivity contribution in [2.24, 2.45) is 0 Å².